The molecule has 2 N–H and O–H groups in total. The number of nitrogens with zero attached hydrogens (tertiary/aromatic N) is 4. The van der Waals surface area contributed by atoms with Gasteiger partial charge in [0.05, 0.1) is 12.2 Å². The van der Waals surface area contributed by atoms with Gasteiger partial charge in [0.1, 0.15) is 23.3 Å². The summed E-state index contributed by atoms with van der Waals surface area (Å²) in [5.41, 5.74) is 0.860. The van der Waals surface area contributed by atoms with Gasteiger partial charge in [-0.05, 0) is 25.1 Å². The first kappa shape index (κ1) is 18.7. The topological polar surface area (TPSA) is 79.0 Å². The number of methoxy groups -OCH3 is 1. The van der Waals surface area contributed by atoms with Gasteiger partial charge in [0.2, 0.25) is 0 Å². The van der Waals surface area contributed by atoms with Crippen LogP contribution in [-0.2, 0) is 4.74 Å². The molecule has 0 atom stereocenters. The summed E-state index contributed by atoms with van der Waals surface area (Å²) in [5, 5.41) is 9.98. The number of aromatic amines is 1. The number of ether oxygens (including phenoxy) is 1. The number of likely N-dealkylation sites (N-methyl/N-ethyl adjacent to an activating group) is 1. The van der Waals surface area contributed by atoms with Gasteiger partial charge in [0.15, 0.2) is 11.6 Å². The summed E-state index contributed by atoms with van der Waals surface area (Å²) < 4.78 is 33.0. The van der Waals surface area contributed by atoms with E-state index < -0.39 is 11.6 Å². The zero-order valence-electron chi connectivity index (χ0n) is 15.3. The van der Waals surface area contributed by atoms with Crippen LogP contribution in [0.25, 0.3) is 11.4 Å². The number of aromatic nitrogens is 4. The van der Waals surface area contributed by atoms with E-state index in [1.165, 1.54) is 0 Å². The first-order chi connectivity index (χ1) is 13.0. The third-order valence-electron chi connectivity index (χ3n) is 3.87. The van der Waals surface area contributed by atoms with Crippen molar-refractivity contribution in [3.63, 3.8) is 0 Å². The van der Waals surface area contributed by atoms with E-state index in [0.29, 0.717) is 30.6 Å². The Morgan fingerprint density at radius 3 is 2.70 bits per heavy atom. The number of benzene rings is 1. The van der Waals surface area contributed by atoms with Crippen molar-refractivity contribution in [1.82, 2.24) is 20.2 Å². The summed E-state index contributed by atoms with van der Waals surface area (Å²) in [6, 6.07) is 6.70. The molecule has 0 bridgehead atoms. The molecule has 0 aliphatic rings. The Balaban J connectivity index is 0.00000280. The van der Waals surface area contributed by atoms with Crippen LogP contribution >= 0.6 is 0 Å². The summed E-state index contributed by atoms with van der Waals surface area (Å²) in [4.78, 5) is 10.6. The van der Waals surface area contributed by atoms with Gasteiger partial charge in [-0.2, -0.15) is 5.10 Å². The summed E-state index contributed by atoms with van der Waals surface area (Å²) >= 11 is 0. The van der Waals surface area contributed by atoms with Gasteiger partial charge in [-0.25, -0.2) is 18.7 Å². The minimum absolute atomic E-state index is 0. The van der Waals surface area contributed by atoms with Crippen molar-refractivity contribution in [2.24, 2.45) is 0 Å². The van der Waals surface area contributed by atoms with E-state index in [-0.39, 0.29) is 12.8 Å². The Morgan fingerprint density at radius 1 is 1.19 bits per heavy atom. The van der Waals surface area contributed by atoms with Gasteiger partial charge >= 0.3 is 0 Å². The lowest BCUT2D eigenvalue weighted by Gasteiger charge is -2.19. The smallest absolute Gasteiger partial charge is 0.166 e. The van der Waals surface area contributed by atoms with Gasteiger partial charge in [-0.3, -0.25) is 5.10 Å². The molecule has 1 aromatic carbocycles. The molecule has 0 aliphatic heterocycles. The Bertz CT molecular complexity index is 936. The van der Waals surface area contributed by atoms with Gasteiger partial charge < -0.3 is 15.0 Å². The maximum absolute atomic E-state index is 14.2. The minimum atomic E-state index is -0.602. The van der Waals surface area contributed by atoms with Crippen LogP contribution in [0.1, 0.15) is 7.12 Å². The average molecular weight is 376 g/mol. The molecule has 9 heteroatoms. The molecule has 7 nitrogen and oxygen atoms in total. The number of anilines is 3. The van der Waals surface area contributed by atoms with Gasteiger partial charge in [0.25, 0.3) is 0 Å². The van der Waals surface area contributed by atoms with E-state index in [0.717, 1.165) is 23.9 Å². The molecule has 0 unspecified atom stereocenters. The van der Waals surface area contributed by atoms with Gasteiger partial charge in [0, 0.05) is 40.0 Å². The maximum Gasteiger partial charge on any atom is 0.166 e. The van der Waals surface area contributed by atoms with Crippen LogP contribution in [-0.4, -0.2) is 47.5 Å². The molecule has 3 rings (SSSR count). The molecule has 0 fully saturated rings. The Hall–Kier alpha value is -3.07. The van der Waals surface area contributed by atoms with Gasteiger partial charge in [-0.1, -0.05) is 0 Å². The lowest BCUT2D eigenvalue weighted by molar-refractivity contribution is 0.206. The molecule has 27 heavy (non-hydrogen) atoms. The van der Waals surface area contributed by atoms with Crippen LogP contribution < -0.4 is 10.2 Å². The minimum Gasteiger partial charge on any atom is -0.383 e. The number of aryl methyl sites for hydroxylation is 1. The Morgan fingerprint density at radius 2 is 2.00 bits per heavy atom. The van der Waals surface area contributed by atoms with E-state index in [1.54, 1.807) is 19.2 Å². The number of rotatable bonds is 7. The fourth-order valence-electron chi connectivity index (χ4n) is 2.44. The highest BCUT2D eigenvalue weighted by Crippen LogP contribution is 2.26. The van der Waals surface area contributed by atoms with Crippen LogP contribution in [0.4, 0.5) is 26.2 Å². The van der Waals surface area contributed by atoms with Crippen molar-refractivity contribution in [2.45, 2.75) is 6.92 Å². The molecule has 0 aliphatic carbocycles. The van der Waals surface area contributed by atoms with Crippen LogP contribution in [0.3, 0.4) is 0 Å². The predicted octanol–water partition coefficient (Wildman–Crippen LogP) is 3.53. The summed E-state index contributed by atoms with van der Waals surface area (Å²) in [6.07, 6.45) is 0. The second-order valence-electron chi connectivity index (χ2n) is 6.03. The summed E-state index contributed by atoms with van der Waals surface area (Å²) in [6.45, 7) is 2.93. The Labute approximate surface area is 156 Å². The highest BCUT2D eigenvalue weighted by molar-refractivity contribution is 5.64. The highest BCUT2D eigenvalue weighted by Gasteiger charge is 2.15. The molecule has 144 valence electrons. The average Bonchev–Trinajstić information content (AvgIpc) is 3.06. The zero-order valence-corrected chi connectivity index (χ0v) is 15.3. The van der Waals surface area contributed by atoms with Crippen molar-refractivity contribution in [1.29, 1.82) is 0 Å². The normalized spacial score (nSPS) is 10.9. The zero-order chi connectivity index (χ0) is 19.4. The van der Waals surface area contributed by atoms with E-state index in [4.69, 9.17) is 4.74 Å². The molecule has 3 aromatic rings. The van der Waals surface area contributed by atoms with E-state index in [2.05, 4.69) is 25.5 Å². The number of hydrogen-bond acceptors (Lipinski definition) is 6. The molecule has 0 spiro atoms. The second kappa shape index (κ2) is 8.09. The van der Waals surface area contributed by atoms with Crippen LogP contribution in [0.15, 0.2) is 30.3 Å². The van der Waals surface area contributed by atoms with E-state index >= 15 is 0 Å². The standard InChI is InChI=1S/C18H20F2N6O.H2/c1-11-8-16(25-24-11)21-15-10-17(26(2)6-7-27-3)23-18(22-15)13-9-12(19)4-5-14(13)20;/h4-5,8-10H,6-7H2,1-3H3,(H2,21,22,23,24,25);1H. The quantitative estimate of drug-likeness (QED) is 0.657. The number of H-pyrrole nitrogens is 1. The van der Waals surface area contributed by atoms with E-state index in [1.807, 2.05) is 18.9 Å². The fourth-order valence-corrected chi connectivity index (χ4v) is 2.44. The summed E-state index contributed by atoms with van der Waals surface area (Å²) in [7, 11) is 3.43. The molecule has 0 radical (unpaired) electrons. The molecule has 2 heterocycles. The fraction of sp³-hybridized carbons (Fsp3) is 0.278. The highest BCUT2D eigenvalue weighted by atomic mass is 19.1. The van der Waals surface area contributed by atoms with Crippen LogP contribution in [0.5, 0.6) is 0 Å². The van der Waals surface area contributed by atoms with Crippen LogP contribution in [0.2, 0.25) is 0 Å². The lowest BCUT2D eigenvalue weighted by atomic mass is 10.2. The number of nitrogens with one attached hydrogen (secondary N) is 2. The third-order valence-corrected chi connectivity index (χ3v) is 3.87. The third kappa shape index (κ3) is 4.56. The van der Waals surface area contributed by atoms with Crippen molar-refractivity contribution < 1.29 is 14.9 Å². The molecular weight excluding hydrogens is 354 g/mol. The predicted molar refractivity (Wildman–Crippen MR) is 101 cm³/mol. The van der Waals surface area contributed by atoms with Crippen molar-refractivity contribution >= 4 is 17.5 Å². The second-order valence-corrected chi connectivity index (χ2v) is 6.03. The molecule has 0 amide bonds. The van der Waals surface area contributed by atoms with Crippen LogP contribution in [0, 0.1) is 18.6 Å². The first-order valence-corrected chi connectivity index (χ1v) is 8.30. The SMILES string of the molecule is COCCN(C)c1cc(Nc2cc(C)[nH]n2)nc(-c2cc(F)ccc2F)n1.[HH]. The van der Waals surface area contributed by atoms with E-state index in [9.17, 15) is 8.78 Å². The van der Waals surface area contributed by atoms with Crippen molar-refractivity contribution in [3.05, 3.63) is 47.7 Å². The Kier molecular flexibility index (Phi) is 5.60. The lowest BCUT2D eigenvalue weighted by Crippen LogP contribution is -2.23. The number of halogens is 2. The monoisotopic (exact) mass is 376 g/mol. The first-order valence-electron chi connectivity index (χ1n) is 8.30. The van der Waals surface area contributed by atoms with Crippen molar-refractivity contribution in [3.8, 4) is 11.4 Å². The number of hydrogen-bond donors (Lipinski definition) is 2. The summed E-state index contributed by atoms with van der Waals surface area (Å²) in [5.74, 6) is 0.413. The van der Waals surface area contributed by atoms with Gasteiger partial charge in [-0.15, -0.1) is 0 Å². The molecular formula is C18H22F2N6O. The van der Waals surface area contributed by atoms with Crippen molar-refractivity contribution in [2.75, 3.05) is 37.5 Å². The molecule has 0 saturated carbocycles. The molecule has 2 aromatic heterocycles. The largest absolute Gasteiger partial charge is 0.383 e. The maximum atomic E-state index is 14.2. The molecule has 0 saturated heterocycles.